The van der Waals surface area contributed by atoms with Crippen molar-refractivity contribution in [3.05, 3.63) is 136 Å². The highest BCUT2D eigenvalue weighted by molar-refractivity contribution is 6.33. The molecule has 3 heterocycles. The molecule has 4 aromatic carbocycles. The first-order chi connectivity index (χ1) is 32.0. The third-order valence-electron chi connectivity index (χ3n) is 13.1. The number of aromatic nitrogens is 1. The number of benzene rings is 4. The van der Waals surface area contributed by atoms with Gasteiger partial charge in [0.25, 0.3) is 11.8 Å². The zero-order chi connectivity index (χ0) is 47.7. The van der Waals surface area contributed by atoms with Crippen molar-refractivity contribution in [2.45, 2.75) is 30.4 Å². The lowest BCUT2D eigenvalue weighted by Crippen LogP contribution is -2.53. The highest BCUT2D eigenvalue weighted by Crippen LogP contribution is 2.66. The van der Waals surface area contributed by atoms with Crippen molar-refractivity contribution in [3.8, 4) is 17.2 Å². The number of aromatic hydroxyl groups is 1. The Labute approximate surface area is 391 Å². The monoisotopic (exact) mass is 953 g/mol. The highest BCUT2D eigenvalue weighted by atomic mass is 35.5. The minimum Gasteiger partial charge on any atom is -0.508 e. The lowest BCUT2D eigenvalue weighted by molar-refractivity contribution is -0.139. The van der Waals surface area contributed by atoms with Crippen molar-refractivity contribution in [1.29, 1.82) is 0 Å². The number of rotatable bonds is 10. The number of fused-ring (bicyclic) bond motifs is 4. The predicted molar refractivity (Wildman–Crippen MR) is 242 cm³/mol. The van der Waals surface area contributed by atoms with Crippen molar-refractivity contribution in [1.82, 2.24) is 9.99 Å². The zero-order valence-corrected chi connectivity index (χ0v) is 37.6. The fourth-order valence-electron chi connectivity index (χ4n) is 10.2. The molecule has 1 aromatic heterocycles. The molecule has 6 unspecified atom stereocenters. The molecule has 344 valence electrons. The SMILES string of the molecule is COc1cc(O)cc(OC)c1C1C2=CCC3C(=O)N(c4ccc(N=Nc5ccc(N(C)C)cc5)cc4)C(=O)C3C2CC2C(=O)N(Nc3ncc(C(F)(F)F)cc3Cl)C(=O)C21c1ccc(Cl)cc1. The second-order valence-electron chi connectivity index (χ2n) is 16.8. The summed E-state index contributed by atoms with van der Waals surface area (Å²) >= 11 is 12.7. The normalized spacial score (nSPS) is 23.5. The maximum Gasteiger partial charge on any atom is 0.417 e. The average molecular weight is 955 g/mol. The largest absolute Gasteiger partial charge is 0.508 e. The number of allylic oxidation sites excluding steroid dienone is 2. The second-order valence-corrected chi connectivity index (χ2v) is 17.7. The Morgan fingerprint density at radius 1 is 0.836 bits per heavy atom. The van der Waals surface area contributed by atoms with E-state index in [2.05, 4.69) is 20.6 Å². The number of halogens is 5. The molecule has 4 aliphatic rings. The lowest BCUT2D eigenvalue weighted by Gasteiger charge is -2.51. The molecule has 14 nitrogen and oxygen atoms in total. The van der Waals surface area contributed by atoms with E-state index in [0.29, 0.717) is 50.5 Å². The first-order valence-electron chi connectivity index (χ1n) is 20.9. The van der Waals surface area contributed by atoms with E-state index in [4.69, 9.17) is 32.7 Å². The lowest BCUT2D eigenvalue weighted by atomic mass is 9.49. The molecule has 5 aromatic rings. The van der Waals surface area contributed by atoms with Gasteiger partial charge in [0.1, 0.15) is 17.2 Å². The number of methoxy groups -OCH3 is 2. The fraction of sp³-hybridized carbons (Fsp3) is 0.271. The topological polar surface area (TPSA) is 166 Å². The Hall–Kier alpha value is -6.98. The number of phenolic OH excluding ortho intramolecular Hbond substituents is 1. The molecule has 9 rings (SSSR count). The number of anilines is 3. The van der Waals surface area contributed by atoms with Gasteiger partial charge in [0.2, 0.25) is 11.8 Å². The summed E-state index contributed by atoms with van der Waals surface area (Å²) in [5, 5.41) is 20.0. The summed E-state index contributed by atoms with van der Waals surface area (Å²) in [4.78, 5) is 67.1. The van der Waals surface area contributed by atoms with Gasteiger partial charge in [-0.05, 0) is 91.1 Å². The van der Waals surface area contributed by atoms with E-state index in [1.807, 2.05) is 49.3 Å². The number of carbonyl (C=O) groups is 4. The van der Waals surface area contributed by atoms with Crippen molar-refractivity contribution < 1.29 is 46.9 Å². The van der Waals surface area contributed by atoms with E-state index < -0.39 is 81.2 Å². The Kier molecular flexibility index (Phi) is 11.5. The molecule has 3 fully saturated rings. The Bertz CT molecular complexity index is 2870. The first kappa shape index (κ1) is 45.2. The summed E-state index contributed by atoms with van der Waals surface area (Å²) in [6.07, 6.45) is -2.50. The standard InChI is InChI=1S/C48H40Cl2F3N7O7/c1-58(2)29-13-9-27(10-14-29)55-56-28-11-15-30(16-12-28)59-43(62)33-18-17-32-34(39(33)45(59)64)22-35-44(63)60(57-42-36(50)19-25(23-54-42)48(51,52)53)46(65)47(35,24-5-7-26(49)8-6-24)41(32)40-37(66-3)20-31(61)21-38(40)67-4/h5-17,19-21,23,33-35,39,41,61H,18,22H2,1-4H3,(H,54,57). The number of azo groups is 1. The molecule has 2 saturated heterocycles. The average Bonchev–Trinajstić information content (AvgIpc) is 3.69. The van der Waals surface area contributed by atoms with Crippen LogP contribution in [-0.4, -0.2) is 67.0 Å². The number of carbonyl (C=O) groups excluding carboxylic acids is 4. The number of hydrogen-bond donors (Lipinski definition) is 2. The van der Waals surface area contributed by atoms with E-state index in [0.717, 1.165) is 10.6 Å². The Balaban J connectivity index is 1.15. The molecule has 0 radical (unpaired) electrons. The predicted octanol–water partition coefficient (Wildman–Crippen LogP) is 9.80. The smallest absolute Gasteiger partial charge is 0.417 e. The van der Waals surface area contributed by atoms with Crippen LogP contribution in [0.1, 0.15) is 35.4 Å². The van der Waals surface area contributed by atoms with Gasteiger partial charge < -0.3 is 19.5 Å². The van der Waals surface area contributed by atoms with Crippen LogP contribution in [0.5, 0.6) is 17.2 Å². The zero-order valence-electron chi connectivity index (χ0n) is 36.1. The number of pyridine rings is 1. The minimum atomic E-state index is -4.79. The van der Waals surface area contributed by atoms with Gasteiger partial charge in [0.15, 0.2) is 5.82 Å². The van der Waals surface area contributed by atoms with Crippen LogP contribution >= 0.6 is 23.2 Å². The quantitative estimate of drug-likeness (QED) is 0.0782. The van der Waals surface area contributed by atoms with Crippen LogP contribution < -0.4 is 24.7 Å². The van der Waals surface area contributed by atoms with E-state index in [1.54, 1.807) is 48.5 Å². The van der Waals surface area contributed by atoms with Gasteiger partial charge in [0.05, 0.1) is 65.0 Å². The molecule has 19 heteroatoms. The third-order valence-corrected chi connectivity index (χ3v) is 13.7. The van der Waals surface area contributed by atoms with Crippen LogP contribution in [0, 0.1) is 23.7 Å². The molecule has 67 heavy (non-hydrogen) atoms. The van der Waals surface area contributed by atoms with Crippen molar-refractivity contribution in [3.63, 3.8) is 0 Å². The molecule has 4 amide bonds. The number of nitrogens with zero attached hydrogens (tertiary/aromatic N) is 6. The Morgan fingerprint density at radius 3 is 2.01 bits per heavy atom. The highest BCUT2D eigenvalue weighted by Gasteiger charge is 2.71. The number of imide groups is 2. The first-order valence-corrected chi connectivity index (χ1v) is 21.7. The second kappa shape index (κ2) is 17.0. The van der Waals surface area contributed by atoms with Crippen LogP contribution in [0.4, 0.5) is 41.7 Å². The fourth-order valence-corrected chi connectivity index (χ4v) is 10.5. The van der Waals surface area contributed by atoms with Crippen LogP contribution in [0.25, 0.3) is 0 Å². The summed E-state index contributed by atoms with van der Waals surface area (Å²) in [6.45, 7) is 0. The summed E-state index contributed by atoms with van der Waals surface area (Å²) < 4.78 is 52.7. The number of phenols is 1. The summed E-state index contributed by atoms with van der Waals surface area (Å²) in [5.74, 6) is -8.31. The van der Waals surface area contributed by atoms with E-state index in [1.165, 1.54) is 26.4 Å². The molecule has 0 bridgehead atoms. The van der Waals surface area contributed by atoms with Gasteiger partial charge in [-0.25, -0.2) is 4.98 Å². The van der Waals surface area contributed by atoms with E-state index >= 15 is 9.59 Å². The van der Waals surface area contributed by atoms with E-state index in [9.17, 15) is 27.9 Å². The van der Waals surface area contributed by atoms with Gasteiger partial charge in [-0.1, -0.05) is 47.0 Å². The molecular formula is C48H40Cl2F3N7O7. The summed E-state index contributed by atoms with van der Waals surface area (Å²) in [6, 6.07) is 23.6. The van der Waals surface area contributed by atoms with Crippen LogP contribution in [0.2, 0.25) is 10.0 Å². The molecular weight excluding hydrogens is 914 g/mol. The number of nitrogens with one attached hydrogen (secondary N) is 1. The van der Waals surface area contributed by atoms with Crippen LogP contribution in [-0.2, 0) is 30.8 Å². The van der Waals surface area contributed by atoms with Crippen molar-refractivity contribution >= 4 is 75.4 Å². The third kappa shape index (κ3) is 7.49. The minimum absolute atomic E-state index is 0.0756. The van der Waals surface area contributed by atoms with Crippen LogP contribution in [0.3, 0.4) is 0 Å². The molecule has 2 aliphatic carbocycles. The maximum atomic E-state index is 15.7. The summed E-state index contributed by atoms with van der Waals surface area (Å²) in [5.41, 5.74) is 3.06. The van der Waals surface area contributed by atoms with Gasteiger partial charge in [0, 0.05) is 54.6 Å². The van der Waals surface area contributed by atoms with Gasteiger partial charge >= 0.3 is 6.18 Å². The molecule has 2 aliphatic heterocycles. The summed E-state index contributed by atoms with van der Waals surface area (Å²) in [7, 11) is 6.58. The number of ether oxygens (including phenoxy) is 2. The van der Waals surface area contributed by atoms with Gasteiger partial charge in [-0.2, -0.15) is 28.4 Å². The number of alkyl halides is 3. The van der Waals surface area contributed by atoms with Crippen molar-refractivity contribution in [2.24, 2.45) is 33.9 Å². The molecule has 2 N–H and O–H groups in total. The van der Waals surface area contributed by atoms with Crippen molar-refractivity contribution in [2.75, 3.05) is 43.5 Å². The number of hydrogen-bond acceptors (Lipinski definition) is 12. The maximum absolute atomic E-state index is 15.7. The van der Waals surface area contributed by atoms with Gasteiger partial charge in [-0.15, -0.1) is 0 Å². The van der Waals surface area contributed by atoms with Crippen LogP contribution in [0.15, 0.2) is 119 Å². The number of amides is 4. The number of hydrazine groups is 1. The molecule has 0 spiro atoms. The van der Waals surface area contributed by atoms with E-state index in [-0.39, 0.29) is 35.7 Å². The van der Waals surface area contributed by atoms with Gasteiger partial charge in [-0.3, -0.25) is 29.5 Å². The Morgan fingerprint density at radius 2 is 1.45 bits per heavy atom. The molecule has 1 saturated carbocycles. The molecule has 6 atom stereocenters.